The number of thioether (sulfide) groups is 1. The summed E-state index contributed by atoms with van der Waals surface area (Å²) >= 11 is 1.71. The quantitative estimate of drug-likeness (QED) is 0.579. The van der Waals surface area contributed by atoms with Crippen LogP contribution >= 0.6 is 11.8 Å². The van der Waals surface area contributed by atoms with E-state index in [2.05, 4.69) is 39.0 Å². The highest BCUT2D eigenvalue weighted by Gasteiger charge is 2.30. The zero-order valence-corrected chi connectivity index (χ0v) is 12.5. The van der Waals surface area contributed by atoms with E-state index in [0.717, 1.165) is 35.6 Å². The number of para-hydroxylation sites is 1. The van der Waals surface area contributed by atoms with E-state index >= 15 is 0 Å². The molecule has 1 heterocycles. The molecule has 0 radical (unpaired) electrons. The fraction of sp³-hybridized carbons (Fsp3) is 0.467. The molecule has 1 aliphatic carbocycles. The summed E-state index contributed by atoms with van der Waals surface area (Å²) in [6.45, 7) is 3.53. The molecule has 3 rings (SSSR count). The van der Waals surface area contributed by atoms with Gasteiger partial charge in [-0.1, -0.05) is 30.0 Å². The zero-order chi connectivity index (χ0) is 13.8. The largest absolute Gasteiger partial charge is 0.381 e. The number of benzene rings is 1. The summed E-state index contributed by atoms with van der Waals surface area (Å²) in [7, 11) is 0. The maximum atomic E-state index is 5.39. The summed E-state index contributed by atoms with van der Waals surface area (Å²) in [5, 5.41) is 9.75. The van der Waals surface area contributed by atoms with Crippen molar-refractivity contribution in [2.24, 2.45) is 0 Å². The molecular formula is C15H19N3OS. The number of aromatic nitrogens is 3. The lowest BCUT2D eigenvalue weighted by Gasteiger charge is -2.09. The number of rotatable bonds is 7. The van der Waals surface area contributed by atoms with Crippen LogP contribution < -0.4 is 0 Å². The Morgan fingerprint density at radius 1 is 1.25 bits per heavy atom. The lowest BCUT2D eigenvalue weighted by molar-refractivity contribution is 0.164. The van der Waals surface area contributed by atoms with Gasteiger partial charge in [0.1, 0.15) is 5.82 Å². The summed E-state index contributed by atoms with van der Waals surface area (Å²) in [6, 6.07) is 10.4. The van der Waals surface area contributed by atoms with Crippen LogP contribution in [0.25, 0.3) is 5.69 Å². The van der Waals surface area contributed by atoms with Crippen LogP contribution in [0, 0.1) is 0 Å². The van der Waals surface area contributed by atoms with E-state index < -0.39 is 0 Å². The Kier molecular flexibility index (Phi) is 4.38. The van der Waals surface area contributed by atoms with Crippen molar-refractivity contribution in [2.45, 2.75) is 30.8 Å². The third kappa shape index (κ3) is 3.04. The minimum absolute atomic E-state index is 0.587. The van der Waals surface area contributed by atoms with E-state index in [1.54, 1.807) is 11.8 Å². The van der Waals surface area contributed by atoms with Crippen LogP contribution in [0.2, 0.25) is 0 Å². The molecule has 106 valence electrons. The van der Waals surface area contributed by atoms with Crippen molar-refractivity contribution in [1.29, 1.82) is 0 Å². The van der Waals surface area contributed by atoms with Crippen molar-refractivity contribution >= 4 is 11.8 Å². The molecule has 2 aromatic rings. The van der Waals surface area contributed by atoms with E-state index in [9.17, 15) is 0 Å². The highest BCUT2D eigenvalue weighted by molar-refractivity contribution is 7.99. The molecule has 0 bridgehead atoms. The molecule has 0 unspecified atom stereocenters. The van der Waals surface area contributed by atoms with Gasteiger partial charge >= 0.3 is 0 Å². The molecule has 1 aliphatic rings. The number of nitrogens with zero attached hydrogens (tertiary/aromatic N) is 3. The lowest BCUT2D eigenvalue weighted by atomic mass is 10.3. The second kappa shape index (κ2) is 6.41. The van der Waals surface area contributed by atoms with Crippen molar-refractivity contribution < 1.29 is 4.74 Å². The Labute approximate surface area is 123 Å². The van der Waals surface area contributed by atoms with Gasteiger partial charge in [0, 0.05) is 24.0 Å². The van der Waals surface area contributed by atoms with Gasteiger partial charge < -0.3 is 4.74 Å². The maximum absolute atomic E-state index is 5.39. The summed E-state index contributed by atoms with van der Waals surface area (Å²) in [5.41, 5.74) is 1.15. The molecular weight excluding hydrogens is 270 g/mol. The first-order valence-corrected chi connectivity index (χ1v) is 8.10. The Bertz CT molecular complexity index is 552. The Morgan fingerprint density at radius 2 is 2.05 bits per heavy atom. The van der Waals surface area contributed by atoms with Crippen LogP contribution in [0.3, 0.4) is 0 Å². The summed E-state index contributed by atoms with van der Waals surface area (Å²) in [5.74, 6) is 2.60. The average Bonchev–Trinajstić information content (AvgIpc) is 3.25. The standard InChI is InChI=1S/C15H19N3OS/c1-2-19-10-11-20-15-17-16-14(12-8-9-12)18(15)13-6-4-3-5-7-13/h3-7,12H,2,8-11H2,1H3. The summed E-state index contributed by atoms with van der Waals surface area (Å²) < 4.78 is 7.59. The van der Waals surface area contributed by atoms with Crippen molar-refractivity contribution in [3.63, 3.8) is 0 Å². The molecule has 4 nitrogen and oxygen atoms in total. The fourth-order valence-corrected chi connectivity index (χ4v) is 2.95. The molecule has 20 heavy (non-hydrogen) atoms. The summed E-state index contributed by atoms with van der Waals surface area (Å²) in [4.78, 5) is 0. The van der Waals surface area contributed by atoms with E-state index in [4.69, 9.17) is 4.74 Å². The van der Waals surface area contributed by atoms with Gasteiger partial charge in [0.25, 0.3) is 0 Å². The van der Waals surface area contributed by atoms with Gasteiger partial charge in [-0.15, -0.1) is 10.2 Å². The normalized spacial score (nSPS) is 14.7. The average molecular weight is 289 g/mol. The first kappa shape index (κ1) is 13.6. The van der Waals surface area contributed by atoms with Crippen LogP contribution in [-0.2, 0) is 4.74 Å². The molecule has 0 spiro atoms. The molecule has 1 aromatic carbocycles. The number of hydrogen-bond donors (Lipinski definition) is 0. The molecule has 1 saturated carbocycles. The smallest absolute Gasteiger partial charge is 0.195 e. The Hall–Kier alpha value is -1.33. The van der Waals surface area contributed by atoms with Gasteiger partial charge in [-0.3, -0.25) is 4.57 Å². The van der Waals surface area contributed by atoms with Gasteiger partial charge in [-0.05, 0) is 31.9 Å². The maximum Gasteiger partial charge on any atom is 0.195 e. The zero-order valence-electron chi connectivity index (χ0n) is 11.7. The topological polar surface area (TPSA) is 39.9 Å². The number of ether oxygens (including phenoxy) is 1. The van der Waals surface area contributed by atoms with Crippen molar-refractivity contribution in [1.82, 2.24) is 14.8 Å². The van der Waals surface area contributed by atoms with Crippen LogP contribution in [0.1, 0.15) is 31.5 Å². The van der Waals surface area contributed by atoms with E-state index in [0.29, 0.717) is 5.92 Å². The predicted octanol–water partition coefficient (Wildman–Crippen LogP) is 3.27. The predicted molar refractivity (Wildman–Crippen MR) is 80.6 cm³/mol. The first-order valence-electron chi connectivity index (χ1n) is 7.11. The molecule has 1 fully saturated rings. The Balaban J connectivity index is 1.82. The van der Waals surface area contributed by atoms with Crippen LogP contribution in [0.15, 0.2) is 35.5 Å². The van der Waals surface area contributed by atoms with Gasteiger partial charge in [-0.2, -0.15) is 0 Å². The SMILES string of the molecule is CCOCCSc1nnc(C2CC2)n1-c1ccccc1. The highest BCUT2D eigenvalue weighted by atomic mass is 32.2. The molecule has 0 atom stereocenters. The molecule has 5 heteroatoms. The Morgan fingerprint density at radius 3 is 2.75 bits per heavy atom. The second-order valence-corrected chi connectivity index (χ2v) is 5.89. The van der Waals surface area contributed by atoms with Gasteiger partial charge in [0.2, 0.25) is 0 Å². The van der Waals surface area contributed by atoms with E-state index in [1.165, 1.54) is 12.8 Å². The molecule has 1 aromatic heterocycles. The van der Waals surface area contributed by atoms with Crippen molar-refractivity contribution in [2.75, 3.05) is 19.0 Å². The minimum Gasteiger partial charge on any atom is -0.381 e. The van der Waals surface area contributed by atoms with Crippen LogP contribution in [-0.4, -0.2) is 33.7 Å². The highest BCUT2D eigenvalue weighted by Crippen LogP contribution is 2.41. The monoisotopic (exact) mass is 289 g/mol. The van der Waals surface area contributed by atoms with Gasteiger partial charge in [-0.25, -0.2) is 0 Å². The third-order valence-corrected chi connectivity index (χ3v) is 4.17. The number of hydrogen-bond acceptors (Lipinski definition) is 4. The fourth-order valence-electron chi connectivity index (χ4n) is 2.14. The molecule has 0 aliphatic heterocycles. The molecule has 0 saturated heterocycles. The lowest BCUT2D eigenvalue weighted by Crippen LogP contribution is -2.03. The van der Waals surface area contributed by atoms with Crippen LogP contribution in [0.5, 0.6) is 0 Å². The second-order valence-electron chi connectivity index (χ2n) is 4.83. The van der Waals surface area contributed by atoms with E-state index in [-0.39, 0.29) is 0 Å². The van der Waals surface area contributed by atoms with Crippen molar-refractivity contribution in [3.05, 3.63) is 36.2 Å². The summed E-state index contributed by atoms with van der Waals surface area (Å²) in [6.07, 6.45) is 2.46. The third-order valence-electron chi connectivity index (χ3n) is 3.28. The molecule has 0 amide bonds. The first-order chi connectivity index (χ1) is 9.90. The minimum atomic E-state index is 0.587. The molecule has 0 N–H and O–H groups in total. The van der Waals surface area contributed by atoms with Gasteiger partial charge in [0.05, 0.1) is 6.61 Å². The van der Waals surface area contributed by atoms with Crippen LogP contribution in [0.4, 0.5) is 0 Å². The van der Waals surface area contributed by atoms with Crippen molar-refractivity contribution in [3.8, 4) is 5.69 Å². The van der Waals surface area contributed by atoms with Gasteiger partial charge in [0.15, 0.2) is 5.16 Å². The van der Waals surface area contributed by atoms with E-state index in [1.807, 2.05) is 13.0 Å².